The van der Waals surface area contributed by atoms with Gasteiger partial charge in [-0.05, 0) is 28.9 Å². The summed E-state index contributed by atoms with van der Waals surface area (Å²) in [4.78, 5) is 5.39. The van der Waals surface area contributed by atoms with Crippen molar-refractivity contribution in [3.05, 3.63) is 34.4 Å². The molecule has 2 aromatic heterocycles. The lowest BCUT2D eigenvalue weighted by Crippen LogP contribution is -2.09. The highest BCUT2D eigenvalue weighted by Gasteiger charge is 2.18. The van der Waals surface area contributed by atoms with Gasteiger partial charge in [0.2, 0.25) is 0 Å². The van der Waals surface area contributed by atoms with Crippen molar-refractivity contribution in [2.24, 2.45) is 0 Å². The highest BCUT2D eigenvalue weighted by atomic mass is 79.9. The molecule has 0 aliphatic heterocycles. The Bertz CT molecular complexity index is 739. The fourth-order valence-electron chi connectivity index (χ4n) is 2.38. The number of aryl methyl sites for hydroxylation is 1. The van der Waals surface area contributed by atoms with Crippen molar-refractivity contribution in [2.45, 2.75) is 6.92 Å². The molecule has 0 radical (unpaired) electrons. The van der Waals surface area contributed by atoms with Gasteiger partial charge in [-0.15, -0.1) is 0 Å². The first-order chi connectivity index (χ1) is 9.09. The SMILES string of the molecule is Cc1[nH]c2ccccc2c1-c1[nH]nc(N(C)C)c1Br. The van der Waals surface area contributed by atoms with Crippen LogP contribution in [0.5, 0.6) is 0 Å². The van der Waals surface area contributed by atoms with Crippen LogP contribution in [0.3, 0.4) is 0 Å². The molecule has 0 bridgehead atoms. The van der Waals surface area contributed by atoms with Crippen LogP contribution in [-0.2, 0) is 0 Å². The number of H-pyrrole nitrogens is 2. The summed E-state index contributed by atoms with van der Waals surface area (Å²) in [5, 5.41) is 8.69. The van der Waals surface area contributed by atoms with Crippen LogP contribution in [0, 0.1) is 6.92 Å². The predicted octanol–water partition coefficient (Wildman–Crippen LogP) is 3.69. The molecule has 0 saturated heterocycles. The number of para-hydroxylation sites is 1. The number of aromatic nitrogens is 3. The number of halogens is 1. The summed E-state index contributed by atoms with van der Waals surface area (Å²) < 4.78 is 0.991. The van der Waals surface area contributed by atoms with E-state index in [9.17, 15) is 0 Å². The van der Waals surface area contributed by atoms with Gasteiger partial charge >= 0.3 is 0 Å². The Labute approximate surface area is 119 Å². The van der Waals surface area contributed by atoms with Crippen molar-refractivity contribution >= 4 is 32.7 Å². The van der Waals surface area contributed by atoms with Crippen molar-refractivity contribution in [3.8, 4) is 11.3 Å². The molecule has 2 N–H and O–H groups in total. The lowest BCUT2D eigenvalue weighted by molar-refractivity contribution is 1.01. The highest BCUT2D eigenvalue weighted by molar-refractivity contribution is 9.10. The minimum absolute atomic E-state index is 0.902. The molecule has 0 saturated carbocycles. The zero-order chi connectivity index (χ0) is 13.6. The topological polar surface area (TPSA) is 47.7 Å². The lowest BCUT2D eigenvalue weighted by atomic mass is 10.1. The van der Waals surface area contributed by atoms with Gasteiger partial charge in [-0.2, -0.15) is 5.10 Å². The normalized spacial score (nSPS) is 11.2. The number of hydrogen-bond donors (Lipinski definition) is 2. The molecule has 5 heteroatoms. The Kier molecular flexibility index (Phi) is 2.86. The summed E-state index contributed by atoms with van der Waals surface area (Å²) in [5.41, 5.74) is 4.46. The Hall–Kier alpha value is -1.75. The van der Waals surface area contributed by atoms with Crippen LogP contribution < -0.4 is 4.90 Å². The second-order valence-corrected chi connectivity index (χ2v) is 5.59. The molecular formula is C14H15BrN4. The van der Waals surface area contributed by atoms with E-state index >= 15 is 0 Å². The number of nitrogens with zero attached hydrogens (tertiary/aromatic N) is 2. The number of fused-ring (bicyclic) bond motifs is 1. The molecule has 4 nitrogen and oxygen atoms in total. The smallest absolute Gasteiger partial charge is 0.164 e. The molecule has 0 amide bonds. The molecule has 0 aliphatic carbocycles. The molecule has 0 atom stereocenters. The van der Waals surface area contributed by atoms with Gasteiger partial charge in [-0.25, -0.2) is 0 Å². The Morgan fingerprint density at radius 3 is 2.63 bits per heavy atom. The van der Waals surface area contributed by atoms with E-state index in [0.717, 1.165) is 27.2 Å². The van der Waals surface area contributed by atoms with Gasteiger partial charge < -0.3 is 9.88 Å². The van der Waals surface area contributed by atoms with Crippen LogP contribution in [-0.4, -0.2) is 29.3 Å². The van der Waals surface area contributed by atoms with E-state index < -0.39 is 0 Å². The van der Waals surface area contributed by atoms with Crippen molar-refractivity contribution < 1.29 is 0 Å². The van der Waals surface area contributed by atoms with Crippen molar-refractivity contribution in [1.29, 1.82) is 0 Å². The minimum atomic E-state index is 0.902. The lowest BCUT2D eigenvalue weighted by Gasteiger charge is -2.08. The first-order valence-corrected chi connectivity index (χ1v) is 6.87. The van der Waals surface area contributed by atoms with Crippen LogP contribution in [0.2, 0.25) is 0 Å². The zero-order valence-electron chi connectivity index (χ0n) is 11.1. The summed E-state index contributed by atoms with van der Waals surface area (Å²) in [6, 6.07) is 8.30. The van der Waals surface area contributed by atoms with Crippen molar-refractivity contribution in [3.63, 3.8) is 0 Å². The molecule has 0 aliphatic rings. The quantitative estimate of drug-likeness (QED) is 0.757. The summed E-state index contributed by atoms with van der Waals surface area (Å²) in [6.45, 7) is 2.08. The van der Waals surface area contributed by atoms with Crippen LogP contribution in [0.1, 0.15) is 5.69 Å². The van der Waals surface area contributed by atoms with E-state index in [4.69, 9.17) is 0 Å². The van der Waals surface area contributed by atoms with E-state index in [1.807, 2.05) is 25.1 Å². The average Bonchev–Trinajstić information content (AvgIpc) is 2.88. The van der Waals surface area contributed by atoms with E-state index in [1.165, 1.54) is 10.9 Å². The number of aromatic amines is 2. The molecule has 1 aromatic carbocycles. The molecule has 0 fully saturated rings. The largest absolute Gasteiger partial charge is 0.360 e. The maximum absolute atomic E-state index is 4.36. The first kappa shape index (κ1) is 12.3. The molecule has 0 unspecified atom stereocenters. The van der Waals surface area contributed by atoms with E-state index in [-0.39, 0.29) is 0 Å². The molecule has 2 heterocycles. The molecule has 3 aromatic rings. The summed E-state index contributed by atoms with van der Waals surface area (Å²) in [7, 11) is 3.96. The molecule has 0 spiro atoms. The third kappa shape index (κ3) is 1.85. The summed E-state index contributed by atoms with van der Waals surface area (Å²) in [5.74, 6) is 0.902. The van der Waals surface area contributed by atoms with Gasteiger partial charge in [0.05, 0.1) is 10.2 Å². The van der Waals surface area contributed by atoms with Gasteiger partial charge in [-0.3, -0.25) is 5.10 Å². The maximum atomic E-state index is 4.36. The van der Waals surface area contributed by atoms with E-state index in [2.05, 4.69) is 56.2 Å². The van der Waals surface area contributed by atoms with Gasteiger partial charge in [0, 0.05) is 36.3 Å². The maximum Gasteiger partial charge on any atom is 0.164 e. The van der Waals surface area contributed by atoms with Crippen LogP contribution in [0.4, 0.5) is 5.82 Å². The van der Waals surface area contributed by atoms with Gasteiger partial charge in [0.25, 0.3) is 0 Å². The molecule has 3 rings (SSSR count). The van der Waals surface area contributed by atoms with Gasteiger partial charge in [0.15, 0.2) is 5.82 Å². The number of rotatable bonds is 2. The predicted molar refractivity (Wildman–Crippen MR) is 82.6 cm³/mol. The average molecular weight is 319 g/mol. The van der Waals surface area contributed by atoms with E-state index in [1.54, 1.807) is 0 Å². The van der Waals surface area contributed by atoms with Crippen LogP contribution >= 0.6 is 15.9 Å². The Morgan fingerprint density at radius 1 is 1.21 bits per heavy atom. The monoisotopic (exact) mass is 318 g/mol. The zero-order valence-corrected chi connectivity index (χ0v) is 12.7. The Balaban J connectivity index is 2.27. The summed E-state index contributed by atoms with van der Waals surface area (Å²) in [6.07, 6.45) is 0. The first-order valence-electron chi connectivity index (χ1n) is 6.08. The van der Waals surface area contributed by atoms with Gasteiger partial charge in [0.1, 0.15) is 0 Å². The fraction of sp³-hybridized carbons (Fsp3) is 0.214. The number of nitrogens with one attached hydrogen (secondary N) is 2. The molecule has 98 valence electrons. The molecular weight excluding hydrogens is 304 g/mol. The standard InChI is InChI=1S/C14H15BrN4/c1-8-11(9-6-4-5-7-10(9)16-8)13-12(15)14(18-17-13)19(2)3/h4-7,16H,1-3H3,(H,17,18). The van der Waals surface area contributed by atoms with Crippen LogP contribution in [0.15, 0.2) is 28.7 Å². The Morgan fingerprint density at radius 2 is 1.95 bits per heavy atom. The second kappa shape index (κ2) is 4.42. The number of anilines is 1. The third-order valence-corrected chi connectivity index (χ3v) is 4.01. The summed E-state index contributed by atoms with van der Waals surface area (Å²) >= 11 is 3.64. The fourth-order valence-corrected chi connectivity index (χ4v) is 3.11. The van der Waals surface area contributed by atoms with Crippen molar-refractivity contribution in [2.75, 3.05) is 19.0 Å². The second-order valence-electron chi connectivity index (χ2n) is 4.80. The van der Waals surface area contributed by atoms with E-state index in [0.29, 0.717) is 0 Å². The highest BCUT2D eigenvalue weighted by Crippen LogP contribution is 2.38. The minimum Gasteiger partial charge on any atom is -0.360 e. The van der Waals surface area contributed by atoms with Crippen LogP contribution in [0.25, 0.3) is 22.2 Å². The number of benzene rings is 1. The number of hydrogen-bond acceptors (Lipinski definition) is 2. The van der Waals surface area contributed by atoms with Crippen molar-refractivity contribution in [1.82, 2.24) is 15.2 Å². The molecule has 19 heavy (non-hydrogen) atoms. The van der Waals surface area contributed by atoms with Gasteiger partial charge in [-0.1, -0.05) is 18.2 Å². The third-order valence-electron chi connectivity index (χ3n) is 3.26.